The fourth-order valence-corrected chi connectivity index (χ4v) is 3.99. The SMILES string of the molecule is Cl.Clc1cccc2c(NC3CC4CCC3C4)ncnc12. The number of hydrogen-bond donors (Lipinski definition) is 1. The second kappa shape index (κ2) is 5.38. The Bertz CT molecular complexity index is 632. The van der Waals surface area contributed by atoms with Crippen molar-refractivity contribution in [2.45, 2.75) is 31.7 Å². The van der Waals surface area contributed by atoms with Crippen LogP contribution >= 0.6 is 24.0 Å². The highest BCUT2D eigenvalue weighted by molar-refractivity contribution is 6.35. The third-order valence-electron chi connectivity index (χ3n) is 4.68. The molecule has 4 rings (SSSR count). The molecule has 2 bridgehead atoms. The summed E-state index contributed by atoms with van der Waals surface area (Å²) in [5.41, 5.74) is 0.838. The highest BCUT2D eigenvalue weighted by Gasteiger charge is 2.39. The van der Waals surface area contributed by atoms with Crippen LogP contribution in [0.4, 0.5) is 5.82 Å². The van der Waals surface area contributed by atoms with Gasteiger partial charge in [-0.05, 0) is 43.2 Å². The minimum atomic E-state index is 0. The fourth-order valence-electron chi connectivity index (χ4n) is 3.76. The van der Waals surface area contributed by atoms with Crippen LogP contribution in [0, 0.1) is 11.8 Å². The number of hydrogen-bond acceptors (Lipinski definition) is 3. The molecule has 0 amide bonds. The number of nitrogens with zero attached hydrogens (tertiary/aromatic N) is 2. The minimum absolute atomic E-state index is 0. The van der Waals surface area contributed by atoms with Gasteiger partial charge in [0.25, 0.3) is 0 Å². The highest BCUT2D eigenvalue weighted by Crippen LogP contribution is 2.45. The summed E-state index contributed by atoms with van der Waals surface area (Å²) in [7, 11) is 0. The predicted octanol–water partition coefficient (Wildman–Crippen LogP) is 4.31. The van der Waals surface area contributed by atoms with Crippen molar-refractivity contribution in [3.05, 3.63) is 29.5 Å². The molecule has 2 saturated carbocycles. The molecule has 1 N–H and O–H groups in total. The molecule has 0 aliphatic heterocycles. The van der Waals surface area contributed by atoms with Crippen molar-refractivity contribution >= 4 is 40.7 Å². The molecule has 2 fully saturated rings. The van der Waals surface area contributed by atoms with E-state index in [9.17, 15) is 0 Å². The lowest BCUT2D eigenvalue weighted by Crippen LogP contribution is -2.26. The van der Waals surface area contributed by atoms with Crippen molar-refractivity contribution in [1.82, 2.24) is 9.97 Å². The minimum Gasteiger partial charge on any atom is -0.366 e. The van der Waals surface area contributed by atoms with Gasteiger partial charge in [0.1, 0.15) is 12.1 Å². The Labute approximate surface area is 129 Å². The van der Waals surface area contributed by atoms with Gasteiger partial charge in [0.2, 0.25) is 0 Å². The van der Waals surface area contributed by atoms with Crippen LogP contribution in [0.5, 0.6) is 0 Å². The summed E-state index contributed by atoms with van der Waals surface area (Å²) in [4.78, 5) is 8.70. The molecule has 106 valence electrons. The summed E-state index contributed by atoms with van der Waals surface area (Å²) < 4.78 is 0. The zero-order chi connectivity index (χ0) is 12.8. The maximum Gasteiger partial charge on any atom is 0.137 e. The first kappa shape index (κ1) is 13.9. The number of anilines is 1. The maximum atomic E-state index is 6.19. The number of aromatic nitrogens is 2. The molecule has 2 aliphatic carbocycles. The van der Waals surface area contributed by atoms with Gasteiger partial charge < -0.3 is 5.32 Å². The lowest BCUT2D eigenvalue weighted by molar-refractivity contribution is 0.439. The van der Waals surface area contributed by atoms with Gasteiger partial charge in [-0.2, -0.15) is 0 Å². The Balaban J connectivity index is 0.00000121. The molecule has 3 nitrogen and oxygen atoms in total. The van der Waals surface area contributed by atoms with E-state index in [1.165, 1.54) is 25.7 Å². The zero-order valence-electron chi connectivity index (χ0n) is 11.1. The first-order valence-corrected chi connectivity index (χ1v) is 7.35. The Hall–Kier alpha value is -1.06. The average Bonchev–Trinajstić information content (AvgIpc) is 3.02. The van der Waals surface area contributed by atoms with E-state index in [-0.39, 0.29) is 12.4 Å². The number of halogens is 2. The topological polar surface area (TPSA) is 37.8 Å². The monoisotopic (exact) mass is 309 g/mol. The Kier molecular flexibility index (Phi) is 3.74. The number of rotatable bonds is 2. The molecule has 0 spiro atoms. The van der Waals surface area contributed by atoms with Crippen molar-refractivity contribution < 1.29 is 0 Å². The van der Waals surface area contributed by atoms with E-state index in [4.69, 9.17) is 11.6 Å². The Morgan fingerprint density at radius 2 is 2.05 bits per heavy atom. The van der Waals surface area contributed by atoms with Gasteiger partial charge in [-0.25, -0.2) is 9.97 Å². The number of nitrogens with one attached hydrogen (secondary N) is 1. The molecule has 5 heteroatoms. The molecular formula is C15H17Cl2N3. The van der Waals surface area contributed by atoms with E-state index in [1.807, 2.05) is 18.2 Å². The van der Waals surface area contributed by atoms with E-state index < -0.39 is 0 Å². The number of fused-ring (bicyclic) bond motifs is 3. The largest absolute Gasteiger partial charge is 0.366 e. The Morgan fingerprint density at radius 3 is 2.80 bits per heavy atom. The van der Waals surface area contributed by atoms with Crippen LogP contribution in [0.15, 0.2) is 24.5 Å². The molecule has 2 aromatic rings. The third-order valence-corrected chi connectivity index (χ3v) is 4.98. The second-order valence-corrected chi connectivity index (χ2v) is 6.19. The summed E-state index contributed by atoms with van der Waals surface area (Å²) in [6.07, 6.45) is 7.06. The van der Waals surface area contributed by atoms with Crippen LogP contribution in [0.3, 0.4) is 0 Å². The van der Waals surface area contributed by atoms with Crippen LogP contribution in [-0.2, 0) is 0 Å². The smallest absolute Gasteiger partial charge is 0.137 e. The molecule has 20 heavy (non-hydrogen) atoms. The van der Waals surface area contributed by atoms with E-state index in [0.29, 0.717) is 11.1 Å². The third kappa shape index (κ3) is 2.23. The molecule has 0 radical (unpaired) electrons. The van der Waals surface area contributed by atoms with Gasteiger partial charge in [0, 0.05) is 11.4 Å². The van der Waals surface area contributed by atoms with Crippen LogP contribution in [0.2, 0.25) is 5.02 Å². The van der Waals surface area contributed by atoms with E-state index >= 15 is 0 Å². The van der Waals surface area contributed by atoms with Crippen molar-refractivity contribution in [1.29, 1.82) is 0 Å². The summed E-state index contributed by atoms with van der Waals surface area (Å²) in [6.45, 7) is 0. The second-order valence-electron chi connectivity index (χ2n) is 5.78. The normalized spacial score (nSPS) is 27.6. The molecule has 3 atom stereocenters. The predicted molar refractivity (Wildman–Crippen MR) is 84.7 cm³/mol. The standard InChI is InChI=1S/C15H16ClN3.ClH/c16-12-3-1-2-11-14(12)17-8-18-15(11)19-13-7-9-4-5-10(13)6-9;/h1-3,8-10,13H,4-7H2,(H,17,18,19);1H. The molecule has 2 aliphatic rings. The molecule has 0 saturated heterocycles. The number of benzene rings is 1. The summed E-state index contributed by atoms with van der Waals surface area (Å²) in [5.74, 6) is 2.69. The first-order valence-electron chi connectivity index (χ1n) is 6.97. The van der Waals surface area contributed by atoms with Gasteiger partial charge in [-0.15, -0.1) is 12.4 Å². The van der Waals surface area contributed by atoms with Crippen molar-refractivity contribution in [2.24, 2.45) is 11.8 Å². The summed E-state index contributed by atoms with van der Waals surface area (Å²) >= 11 is 6.19. The summed E-state index contributed by atoms with van der Waals surface area (Å²) in [6, 6.07) is 6.45. The molecule has 1 aromatic carbocycles. The van der Waals surface area contributed by atoms with Gasteiger partial charge in [0.15, 0.2) is 0 Å². The lowest BCUT2D eigenvalue weighted by atomic mass is 9.95. The molecule has 3 unspecified atom stereocenters. The average molecular weight is 310 g/mol. The Morgan fingerprint density at radius 1 is 1.15 bits per heavy atom. The highest BCUT2D eigenvalue weighted by atomic mass is 35.5. The van der Waals surface area contributed by atoms with Crippen LogP contribution < -0.4 is 5.32 Å². The van der Waals surface area contributed by atoms with Gasteiger partial charge >= 0.3 is 0 Å². The van der Waals surface area contributed by atoms with Crippen molar-refractivity contribution in [2.75, 3.05) is 5.32 Å². The van der Waals surface area contributed by atoms with Gasteiger partial charge in [-0.3, -0.25) is 0 Å². The molecule has 1 heterocycles. The quantitative estimate of drug-likeness (QED) is 0.898. The van der Waals surface area contributed by atoms with E-state index in [0.717, 1.165) is 28.6 Å². The van der Waals surface area contributed by atoms with E-state index in [2.05, 4.69) is 15.3 Å². The van der Waals surface area contributed by atoms with Crippen LogP contribution in [0.25, 0.3) is 10.9 Å². The zero-order valence-corrected chi connectivity index (χ0v) is 12.6. The van der Waals surface area contributed by atoms with Crippen LogP contribution in [0.1, 0.15) is 25.7 Å². The fraction of sp³-hybridized carbons (Fsp3) is 0.467. The van der Waals surface area contributed by atoms with Gasteiger partial charge in [-0.1, -0.05) is 24.1 Å². The molecular weight excluding hydrogens is 293 g/mol. The first-order chi connectivity index (χ1) is 9.31. The summed E-state index contributed by atoms with van der Waals surface area (Å²) in [5, 5.41) is 5.35. The lowest BCUT2D eigenvalue weighted by Gasteiger charge is -2.23. The van der Waals surface area contributed by atoms with Crippen LogP contribution in [-0.4, -0.2) is 16.0 Å². The van der Waals surface area contributed by atoms with E-state index in [1.54, 1.807) is 6.33 Å². The number of para-hydroxylation sites is 1. The maximum absolute atomic E-state index is 6.19. The molecule has 1 aromatic heterocycles. The van der Waals surface area contributed by atoms with Crippen molar-refractivity contribution in [3.8, 4) is 0 Å². The van der Waals surface area contributed by atoms with Crippen molar-refractivity contribution in [3.63, 3.8) is 0 Å². The van der Waals surface area contributed by atoms with Gasteiger partial charge in [0.05, 0.1) is 10.5 Å².